The Balaban J connectivity index is 1.63. The molecule has 0 aromatic carbocycles. The van der Waals surface area contributed by atoms with Crippen LogP contribution in [0.2, 0.25) is 0 Å². The Morgan fingerprint density at radius 1 is 1.30 bits per heavy atom. The molecule has 2 aliphatic heterocycles. The van der Waals surface area contributed by atoms with Gasteiger partial charge in [-0.25, -0.2) is 0 Å². The second-order valence-corrected chi connectivity index (χ2v) is 6.78. The molecule has 1 N–H and O–H groups in total. The van der Waals surface area contributed by atoms with Gasteiger partial charge in [-0.15, -0.1) is 0 Å². The summed E-state index contributed by atoms with van der Waals surface area (Å²) in [5.74, 6) is 0.513. The van der Waals surface area contributed by atoms with Crippen LogP contribution in [0.5, 0.6) is 0 Å². The molecule has 1 aromatic rings. The first-order chi connectivity index (χ1) is 11.1. The second kappa shape index (κ2) is 6.74. The van der Waals surface area contributed by atoms with Crippen LogP contribution in [0.4, 0.5) is 0 Å². The minimum absolute atomic E-state index is 0.0243. The van der Waals surface area contributed by atoms with Gasteiger partial charge in [-0.2, -0.15) is 0 Å². The highest BCUT2D eigenvalue weighted by Crippen LogP contribution is 2.22. The molecule has 3 heterocycles. The van der Waals surface area contributed by atoms with E-state index in [-0.39, 0.29) is 23.9 Å². The number of nitrogens with one attached hydrogen (secondary N) is 1. The van der Waals surface area contributed by atoms with Crippen molar-refractivity contribution in [3.05, 3.63) is 24.2 Å². The van der Waals surface area contributed by atoms with Gasteiger partial charge in [0.1, 0.15) is 6.04 Å². The number of nitrogens with zero attached hydrogens (tertiary/aromatic N) is 2. The zero-order valence-electron chi connectivity index (χ0n) is 13.8. The number of hydrogen-bond donors (Lipinski definition) is 1. The molecule has 2 saturated heterocycles. The average molecular weight is 319 g/mol. The topological polar surface area (TPSA) is 65.8 Å². The van der Waals surface area contributed by atoms with Gasteiger partial charge in [-0.3, -0.25) is 9.59 Å². The van der Waals surface area contributed by atoms with Gasteiger partial charge in [-0.1, -0.05) is 6.92 Å². The number of piperidine rings is 1. The number of carbonyl (C=O) groups is 2. The fourth-order valence-corrected chi connectivity index (χ4v) is 3.67. The average Bonchev–Trinajstić information content (AvgIpc) is 3.20. The van der Waals surface area contributed by atoms with Crippen LogP contribution in [-0.4, -0.2) is 60.4 Å². The van der Waals surface area contributed by atoms with Crippen molar-refractivity contribution in [2.45, 2.75) is 38.3 Å². The van der Waals surface area contributed by atoms with Gasteiger partial charge in [0.15, 0.2) is 5.76 Å². The lowest BCUT2D eigenvalue weighted by Gasteiger charge is -2.36. The summed E-state index contributed by atoms with van der Waals surface area (Å²) in [6.07, 6.45) is 4.02. The van der Waals surface area contributed by atoms with Gasteiger partial charge in [0.2, 0.25) is 5.91 Å². The Kier molecular flexibility index (Phi) is 4.71. The fraction of sp³-hybridized carbons (Fsp3) is 0.647. The summed E-state index contributed by atoms with van der Waals surface area (Å²) in [6.45, 7) is 4.77. The van der Waals surface area contributed by atoms with E-state index < -0.39 is 0 Å². The molecule has 2 fully saturated rings. The van der Waals surface area contributed by atoms with Crippen LogP contribution in [0.15, 0.2) is 22.8 Å². The van der Waals surface area contributed by atoms with Gasteiger partial charge >= 0.3 is 0 Å². The lowest BCUT2D eigenvalue weighted by atomic mass is 9.94. The lowest BCUT2D eigenvalue weighted by Crippen LogP contribution is -2.54. The van der Waals surface area contributed by atoms with E-state index in [0.717, 1.165) is 32.4 Å². The number of furan rings is 1. The van der Waals surface area contributed by atoms with Crippen molar-refractivity contribution in [2.75, 3.05) is 26.7 Å². The van der Waals surface area contributed by atoms with Gasteiger partial charge < -0.3 is 19.5 Å². The molecule has 6 heteroatoms. The number of rotatable bonds is 3. The highest BCUT2D eigenvalue weighted by Gasteiger charge is 2.37. The maximum absolute atomic E-state index is 12.7. The summed E-state index contributed by atoms with van der Waals surface area (Å²) in [6, 6.07) is 3.16. The van der Waals surface area contributed by atoms with Crippen molar-refractivity contribution in [2.24, 2.45) is 5.92 Å². The highest BCUT2D eigenvalue weighted by atomic mass is 16.3. The van der Waals surface area contributed by atoms with E-state index in [1.807, 2.05) is 0 Å². The third-order valence-corrected chi connectivity index (χ3v) is 4.98. The van der Waals surface area contributed by atoms with Crippen molar-refractivity contribution >= 4 is 11.8 Å². The minimum Gasteiger partial charge on any atom is -0.459 e. The van der Waals surface area contributed by atoms with E-state index in [0.29, 0.717) is 18.2 Å². The first kappa shape index (κ1) is 16.1. The summed E-state index contributed by atoms with van der Waals surface area (Å²) < 4.78 is 5.19. The smallest absolute Gasteiger partial charge is 0.290 e. The van der Waals surface area contributed by atoms with E-state index in [9.17, 15) is 9.59 Å². The first-order valence-electron chi connectivity index (χ1n) is 8.39. The molecule has 0 bridgehead atoms. The Morgan fingerprint density at radius 3 is 2.83 bits per heavy atom. The molecule has 0 spiro atoms. The molecular formula is C17H25N3O3. The van der Waals surface area contributed by atoms with Crippen molar-refractivity contribution in [3.8, 4) is 0 Å². The molecule has 3 rings (SSSR count). The molecule has 0 aliphatic carbocycles. The van der Waals surface area contributed by atoms with Gasteiger partial charge in [0.05, 0.1) is 6.26 Å². The molecule has 6 nitrogen and oxygen atoms in total. The van der Waals surface area contributed by atoms with Crippen LogP contribution in [0.25, 0.3) is 0 Å². The zero-order valence-corrected chi connectivity index (χ0v) is 13.8. The summed E-state index contributed by atoms with van der Waals surface area (Å²) in [5, 5.41) is 3.17. The molecule has 126 valence electrons. The van der Waals surface area contributed by atoms with Crippen LogP contribution in [0.3, 0.4) is 0 Å². The van der Waals surface area contributed by atoms with Crippen LogP contribution < -0.4 is 5.32 Å². The third-order valence-electron chi connectivity index (χ3n) is 4.98. The number of carbonyl (C=O) groups excluding carboxylic acids is 2. The molecule has 3 atom stereocenters. The minimum atomic E-state index is -0.376. The predicted molar refractivity (Wildman–Crippen MR) is 86.0 cm³/mol. The van der Waals surface area contributed by atoms with E-state index in [1.54, 1.807) is 17.0 Å². The molecule has 0 radical (unpaired) electrons. The molecular weight excluding hydrogens is 294 g/mol. The van der Waals surface area contributed by atoms with Crippen LogP contribution >= 0.6 is 0 Å². The Hall–Kier alpha value is -1.82. The van der Waals surface area contributed by atoms with Crippen molar-refractivity contribution in [1.82, 2.24) is 15.1 Å². The van der Waals surface area contributed by atoms with E-state index in [4.69, 9.17) is 4.42 Å². The highest BCUT2D eigenvalue weighted by molar-refractivity contribution is 5.96. The maximum atomic E-state index is 12.7. The molecule has 0 saturated carbocycles. The number of amides is 2. The van der Waals surface area contributed by atoms with Crippen molar-refractivity contribution in [3.63, 3.8) is 0 Å². The standard InChI is InChI=1S/C17H25N3O3/c1-12-11-19(2)9-7-13(12)18-16(21)14-5-3-8-20(14)17(22)15-6-4-10-23-15/h4,6,10,12-14H,3,5,7-9,11H2,1-2H3,(H,18,21)/t12-,13-,14-/m1/s1. The predicted octanol–water partition coefficient (Wildman–Crippen LogP) is 1.34. The molecule has 23 heavy (non-hydrogen) atoms. The number of hydrogen-bond acceptors (Lipinski definition) is 4. The van der Waals surface area contributed by atoms with Gasteiger partial charge in [-0.05, 0) is 50.9 Å². The maximum Gasteiger partial charge on any atom is 0.290 e. The third kappa shape index (κ3) is 3.42. The van der Waals surface area contributed by atoms with Gasteiger partial charge in [0, 0.05) is 19.1 Å². The summed E-state index contributed by atoms with van der Waals surface area (Å²) in [4.78, 5) is 29.1. The molecule has 2 amide bonds. The summed E-state index contributed by atoms with van der Waals surface area (Å²) >= 11 is 0. The summed E-state index contributed by atoms with van der Waals surface area (Å²) in [7, 11) is 2.11. The van der Waals surface area contributed by atoms with E-state index in [1.165, 1.54) is 6.26 Å². The van der Waals surface area contributed by atoms with Gasteiger partial charge in [0.25, 0.3) is 5.91 Å². The van der Waals surface area contributed by atoms with E-state index in [2.05, 4.69) is 24.2 Å². The van der Waals surface area contributed by atoms with Crippen LogP contribution in [-0.2, 0) is 4.79 Å². The van der Waals surface area contributed by atoms with E-state index >= 15 is 0 Å². The van der Waals surface area contributed by atoms with Crippen molar-refractivity contribution in [1.29, 1.82) is 0 Å². The monoisotopic (exact) mass is 319 g/mol. The Bertz CT molecular complexity index is 557. The fourth-order valence-electron chi connectivity index (χ4n) is 3.67. The Morgan fingerprint density at radius 2 is 2.13 bits per heavy atom. The SMILES string of the molecule is C[C@@H]1CN(C)CC[C@H]1NC(=O)[C@H]1CCCN1C(=O)c1ccco1. The normalized spacial score (nSPS) is 28.8. The summed E-state index contributed by atoms with van der Waals surface area (Å²) in [5.41, 5.74) is 0. The second-order valence-electron chi connectivity index (χ2n) is 6.78. The molecule has 2 aliphatic rings. The zero-order chi connectivity index (χ0) is 16.4. The molecule has 1 aromatic heterocycles. The van der Waals surface area contributed by atoms with Crippen LogP contribution in [0.1, 0.15) is 36.7 Å². The number of likely N-dealkylation sites (tertiary alicyclic amines) is 2. The van der Waals surface area contributed by atoms with Crippen LogP contribution in [0, 0.1) is 5.92 Å². The Labute approximate surface area is 136 Å². The molecule has 0 unspecified atom stereocenters. The quantitative estimate of drug-likeness (QED) is 0.913. The largest absolute Gasteiger partial charge is 0.459 e. The lowest BCUT2D eigenvalue weighted by molar-refractivity contribution is -0.126. The van der Waals surface area contributed by atoms with Crippen molar-refractivity contribution < 1.29 is 14.0 Å². The first-order valence-corrected chi connectivity index (χ1v) is 8.39.